The van der Waals surface area contributed by atoms with E-state index in [-0.39, 0.29) is 16.9 Å². The SMILES string of the molecule is N#C/C(=C\c1cccnc1)C(=O)Nc1cccc([N+](=O)[O-])c1. The third-order valence-corrected chi connectivity index (χ3v) is 2.68. The van der Waals surface area contributed by atoms with E-state index in [9.17, 15) is 14.9 Å². The number of aromatic nitrogens is 1. The van der Waals surface area contributed by atoms with E-state index in [1.807, 2.05) is 0 Å². The highest BCUT2D eigenvalue weighted by atomic mass is 16.6. The van der Waals surface area contributed by atoms with E-state index >= 15 is 0 Å². The summed E-state index contributed by atoms with van der Waals surface area (Å²) in [5, 5.41) is 22.2. The van der Waals surface area contributed by atoms with Crippen molar-refractivity contribution in [1.29, 1.82) is 5.26 Å². The van der Waals surface area contributed by atoms with Gasteiger partial charge in [0, 0.05) is 30.2 Å². The zero-order chi connectivity index (χ0) is 15.9. The number of nitriles is 1. The van der Waals surface area contributed by atoms with Crippen molar-refractivity contribution in [3.05, 3.63) is 70.0 Å². The maximum absolute atomic E-state index is 12.0. The molecule has 0 bridgehead atoms. The van der Waals surface area contributed by atoms with E-state index in [0.29, 0.717) is 5.56 Å². The number of nitrogens with zero attached hydrogens (tertiary/aromatic N) is 3. The molecule has 0 aliphatic rings. The van der Waals surface area contributed by atoms with Crippen molar-refractivity contribution in [2.75, 3.05) is 5.32 Å². The Morgan fingerprint density at radius 1 is 1.36 bits per heavy atom. The van der Waals surface area contributed by atoms with Gasteiger partial charge in [-0.15, -0.1) is 0 Å². The molecule has 0 radical (unpaired) electrons. The first-order valence-electron chi connectivity index (χ1n) is 6.18. The molecule has 7 heteroatoms. The molecule has 0 spiro atoms. The van der Waals surface area contributed by atoms with Gasteiger partial charge in [-0.05, 0) is 23.8 Å². The molecule has 1 aromatic heterocycles. The van der Waals surface area contributed by atoms with Gasteiger partial charge in [-0.2, -0.15) is 5.26 Å². The largest absolute Gasteiger partial charge is 0.321 e. The minimum absolute atomic E-state index is 0.125. The lowest BCUT2D eigenvalue weighted by atomic mass is 10.1. The Morgan fingerprint density at radius 2 is 2.18 bits per heavy atom. The fourth-order valence-corrected chi connectivity index (χ4v) is 1.67. The van der Waals surface area contributed by atoms with Gasteiger partial charge in [-0.1, -0.05) is 12.1 Å². The van der Waals surface area contributed by atoms with E-state index in [4.69, 9.17) is 5.26 Å². The second-order valence-electron chi connectivity index (χ2n) is 4.22. The molecule has 0 aliphatic carbocycles. The molecule has 0 aliphatic heterocycles. The number of rotatable bonds is 4. The molecule has 1 aromatic carbocycles. The summed E-state index contributed by atoms with van der Waals surface area (Å²) in [6, 6.07) is 10.7. The van der Waals surface area contributed by atoms with Gasteiger partial charge in [-0.3, -0.25) is 19.9 Å². The number of amides is 1. The molecule has 7 nitrogen and oxygen atoms in total. The first-order valence-corrected chi connectivity index (χ1v) is 6.18. The van der Waals surface area contributed by atoms with Crippen LogP contribution in [0.1, 0.15) is 5.56 Å². The highest BCUT2D eigenvalue weighted by molar-refractivity contribution is 6.09. The number of hydrogen-bond donors (Lipinski definition) is 1. The summed E-state index contributed by atoms with van der Waals surface area (Å²) in [5.74, 6) is -0.646. The number of nitrogens with one attached hydrogen (secondary N) is 1. The summed E-state index contributed by atoms with van der Waals surface area (Å²) in [5.41, 5.74) is 0.576. The number of pyridine rings is 1. The van der Waals surface area contributed by atoms with Gasteiger partial charge >= 0.3 is 0 Å². The fraction of sp³-hybridized carbons (Fsp3) is 0. The number of anilines is 1. The zero-order valence-electron chi connectivity index (χ0n) is 11.3. The smallest absolute Gasteiger partial charge is 0.271 e. The van der Waals surface area contributed by atoms with Crippen molar-refractivity contribution >= 4 is 23.4 Å². The number of non-ortho nitro benzene ring substituents is 1. The fourth-order valence-electron chi connectivity index (χ4n) is 1.67. The summed E-state index contributed by atoms with van der Waals surface area (Å²) < 4.78 is 0. The molecule has 2 rings (SSSR count). The van der Waals surface area contributed by atoms with Crippen molar-refractivity contribution < 1.29 is 9.72 Å². The van der Waals surface area contributed by atoms with Gasteiger partial charge < -0.3 is 5.32 Å². The number of hydrogen-bond acceptors (Lipinski definition) is 5. The normalized spacial score (nSPS) is 10.6. The van der Waals surface area contributed by atoms with Crippen LogP contribution >= 0.6 is 0 Å². The van der Waals surface area contributed by atoms with Crippen LogP contribution in [0, 0.1) is 21.4 Å². The molecule has 0 saturated carbocycles. The van der Waals surface area contributed by atoms with Crippen molar-refractivity contribution in [3.8, 4) is 6.07 Å². The quantitative estimate of drug-likeness (QED) is 0.403. The number of carbonyl (C=O) groups excluding carboxylic acids is 1. The van der Waals surface area contributed by atoms with Crippen LogP contribution in [0.25, 0.3) is 6.08 Å². The summed E-state index contributed by atoms with van der Waals surface area (Å²) >= 11 is 0. The van der Waals surface area contributed by atoms with Crippen LogP contribution in [0.3, 0.4) is 0 Å². The summed E-state index contributed by atoms with van der Waals surface area (Å²) in [6.07, 6.45) is 4.48. The van der Waals surface area contributed by atoms with E-state index in [1.54, 1.807) is 24.4 Å². The van der Waals surface area contributed by atoms with Crippen molar-refractivity contribution in [1.82, 2.24) is 4.98 Å². The summed E-state index contributed by atoms with van der Waals surface area (Å²) in [4.78, 5) is 26.1. The molecule has 1 amide bonds. The Hall–Kier alpha value is -3.53. The lowest BCUT2D eigenvalue weighted by Gasteiger charge is -2.04. The Kier molecular flexibility index (Phi) is 4.57. The number of carbonyl (C=O) groups is 1. The molecule has 1 heterocycles. The third kappa shape index (κ3) is 3.74. The predicted molar refractivity (Wildman–Crippen MR) is 79.6 cm³/mol. The zero-order valence-corrected chi connectivity index (χ0v) is 11.3. The lowest BCUT2D eigenvalue weighted by molar-refractivity contribution is -0.384. The molecule has 1 N–H and O–H groups in total. The molecule has 2 aromatic rings. The summed E-state index contributed by atoms with van der Waals surface area (Å²) in [7, 11) is 0. The van der Waals surface area contributed by atoms with Gasteiger partial charge in [0.05, 0.1) is 4.92 Å². The lowest BCUT2D eigenvalue weighted by Crippen LogP contribution is -2.13. The monoisotopic (exact) mass is 294 g/mol. The summed E-state index contributed by atoms with van der Waals surface area (Å²) in [6.45, 7) is 0. The van der Waals surface area contributed by atoms with Crippen LogP contribution < -0.4 is 5.32 Å². The minimum atomic E-state index is -0.646. The van der Waals surface area contributed by atoms with E-state index in [0.717, 1.165) is 0 Å². The number of nitro benzene ring substituents is 1. The Labute approximate surface area is 125 Å². The van der Waals surface area contributed by atoms with Gasteiger partial charge in [0.15, 0.2) is 0 Å². The van der Waals surface area contributed by atoms with Crippen molar-refractivity contribution in [3.63, 3.8) is 0 Å². The van der Waals surface area contributed by atoms with Crippen LogP contribution in [0.5, 0.6) is 0 Å². The van der Waals surface area contributed by atoms with Gasteiger partial charge in [0.1, 0.15) is 11.6 Å². The molecule has 0 fully saturated rings. The molecule has 0 atom stereocenters. The number of nitro groups is 1. The van der Waals surface area contributed by atoms with Crippen LogP contribution in [-0.2, 0) is 4.79 Å². The maximum atomic E-state index is 12.0. The maximum Gasteiger partial charge on any atom is 0.271 e. The first kappa shape index (κ1) is 14.9. The third-order valence-electron chi connectivity index (χ3n) is 2.68. The molecule has 108 valence electrons. The molecule has 0 saturated heterocycles. The molecular formula is C15H10N4O3. The second kappa shape index (κ2) is 6.76. The average molecular weight is 294 g/mol. The minimum Gasteiger partial charge on any atom is -0.321 e. The number of benzene rings is 1. The van der Waals surface area contributed by atoms with Gasteiger partial charge in [0.25, 0.3) is 11.6 Å². The van der Waals surface area contributed by atoms with E-state index in [1.165, 1.54) is 36.5 Å². The highest BCUT2D eigenvalue weighted by Gasteiger charge is 2.12. The van der Waals surface area contributed by atoms with Gasteiger partial charge in [-0.25, -0.2) is 0 Å². The topological polar surface area (TPSA) is 109 Å². The van der Waals surface area contributed by atoms with Crippen LogP contribution in [0.15, 0.2) is 54.4 Å². The standard InChI is InChI=1S/C15H10N4O3/c16-9-12(7-11-3-2-6-17-10-11)15(20)18-13-4-1-5-14(8-13)19(21)22/h1-8,10H,(H,18,20)/b12-7+. The Morgan fingerprint density at radius 3 is 2.82 bits per heavy atom. The molecule has 0 unspecified atom stereocenters. The molecular weight excluding hydrogens is 284 g/mol. The van der Waals surface area contributed by atoms with Crippen LogP contribution in [0.4, 0.5) is 11.4 Å². The van der Waals surface area contributed by atoms with Crippen LogP contribution in [-0.4, -0.2) is 15.8 Å². The Bertz CT molecular complexity index is 779. The van der Waals surface area contributed by atoms with Crippen LogP contribution in [0.2, 0.25) is 0 Å². The Balaban J connectivity index is 2.20. The first-order chi connectivity index (χ1) is 10.6. The molecule has 22 heavy (non-hydrogen) atoms. The van der Waals surface area contributed by atoms with E-state index < -0.39 is 10.8 Å². The highest BCUT2D eigenvalue weighted by Crippen LogP contribution is 2.18. The van der Waals surface area contributed by atoms with Crippen molar-refractivity contribution in [2.45, 2.75) is 0 Å². The average Bonchev–Trinajstić information content (AvgIpc) is 2.53. The van der Waals surface area contributed by atoms with Crippen molar-refractivity contribution in [2.24, 2.45) is 0 Å². The predicted octanol–water partition coefficient (Wildman–Crippen LogP) is 2.54. The second-order valence-corrected chi connectivity index (χ2v) is 4.22. The van der Waals surface area contributed by atoms with E-state index in [2.05, 4.69) is 10.3 Å². The van der Waals surface area contributed by atoms with Gasteiger partial charge in [0.2, 0.25) is 0 Å².